The van der Waals surface area contributed by atoms with Gasteiger partial charge in [-0.15, -0.1) is 10.2 Å². The van der Waals surface area contributed by atoms with Crippen molar-refractivity contribution >= 4 is 23.2 Å². The van der Waals surface area contributed by atoms with Crippen molar-refractivity contribution in [2.24, 2.45) is 0 Å². The number of benzene rings is 2. The fraction of sp³-hybridized carbons (Fsp3) is 0.200. The van der Waals surface area contributed by atoms with Crippen molar-refractivity contribution in [1.29, 1.82) is 0 Å². The minimum atomic E-state index is -0.699. The van der Waals surface area contributed by atoms with E-state index >= 15 is 0 Å². The van der Waals surface area contributed by atoms with E-state index in [-0.39, 0.29) is 18.4 Å². The topological polar surface area (TPSA) is 89.4 Å². The third-order valence-corrected chi connectivity index (χ3v) is 4.59. The summed E-state index contributed by atoms with van der Waals surface area (Å²) in [6.07, 6.45) is 3.16. The highest BCUT2D eigenvalue weighted by Crippen LogP contribution is 2.34. The first kappa shape index (κ1) is 17.7. The predicted octanol–water partition coefficient (Wildman–Crippen LogP) is 2.33. The average Bonchev–Trinajstić information content (AvgIpc) is 3.22. The molecule has 0 saturated carbocycles. The van der Waals surface area contributed by atoms with Crippen LogP contribution in [0.25, 0.3) is 5.69 Å². The van der Waals surface area contributed by atoms with Gasteiger partial charge in [0.1, 0.15) is 24.4 Å². The molecule has 1 aliphatic rings. The molecule has 3 aromatic rings. The largest absolute Gasteiger partial charge is 0.482 e. The maximum Gasteiger partial charge on any atom is 0.265 e. The molecule has 1 atom stereocenters. The molecule has 8 nitrogen and oxygen atoms in total. The number of hydrogen-bond donors (Lipinski definition) is 1. The van der Waals surface area contributed by atoms with Gasteiger partial charge in [0, 0.05) is 5.69 Å². The molecule has 0 aliphatic carbocycles. The Bertz CT molecular complexity index is 1030. The highest BCUT2D eigenvalue weighted by Gasteiger charge is 2.33. The molecule has 142 valence electrons. The van der Waals surface area contributed by atoms with Gasteiger partial charge in [-0.3, -0.25) is 19.1 Å². The number of rotatable bonds is 4. The van der Waals surface area contributed by atoms with Gasteiger partial charge in [0.25, 0.3) is 5.91 Å². The molecule has 0 spiro atoms. The summed E-state index contributed by atoms with van der Waals surface area (Å²) in [6, 6.07) is 12.2. The Labute approximate surface area is 161 Å². The summed E-state index contributed by atoms with van der Waals surface area (Å²) in [5, 5.41) is 10.4. The van der Waals surface area contributed by atoms with Gasteiger partial charge >= 0.3 is 0 Å². The fourth-order valence-corrected chi connectivity index (χ4v) is 3.15. The molecule has 1 aromatic heterocycles. The molecule has 0 bridgehead atoms. The van der Waals surface area contributed by atoms with Gasteiger partial charge in [0.15, 0.2) is 6.61 Å². The summed E-state index contributed by atoms with van der Waals surface area (Å²) in [6.45, 7) is 3.55. The van der Waals surface area contributed by atoms with E-state index in [0.29, 0.717) is 17.1 Å². The molecule has 2 heterocycles. The number of carbonyl (C=O) groups is 2. The van der Waals surface area contributed by atoms with E-state index in [9.17, 15) is 9.59 Å². The summed E-state index contributed by atoms with van der Waals surface area (Å²) < 4.78 is 7.23. The summed E-state index contributed by atoms with van der Waals surface area (Å²) in [5.74, 6) is 0.0575. The van der Waals surface area contributed by atoms with E-state index in [0.717, 1.165) is 11.3 Å². The van der Waals surface area contributed by atoms with Gasteiger partial charge in [0.05, 0.1) is 11.4 Å². The number of fused-ring (bicyclic) bond motifs is 1. The molecule has 1 aliphatic heterocycles. The van der Waals surface area contributed by atoms with Crippen LogP contribution in [-0.2, 0) is 9.59 Å². The zero-order valence-electron chi connectivity index (χ0n) is 15.5. The molecular formula is C20H19N5O3. The number of ether oxygens (including phenoxy) is 1. The Hall–Kier alpha value is -3.68. The lowest BCUT2D eigenvalue weighted by atomic mass is 10.1. The van der Waals surface area contributed by atoms with Crippen LogP contribution in [0.1, 0.15) is 12.5 Å². The van der Waals surface area contributed by atoms with Crippen molar-refractivity contribution in [3.05, 3.63) is 60.7 Å². The molecule has 2 amide bonds. The number of aromatic nitrogens is 3. The fourth-order valence-electron chi connectivity index (χ4n) is 3.15. The van der Waals surface area contributed by atoms with Crippen molar-refractivity contribution in [2.75, 3.05) is 16.8 Å². The smallest absolute Gasteiger partial charge is 0.265 e. The first-order valence-corrected chi connectivity index (χ1v) is 8.84. The van der Waals surface area contributed by atoms with E-state index < -0.39 is 6.04 Å². The molecule has 28 heavy (non-hydrogen) atoms. The second kappa shape index (κ2) is 7.15. The average molecular weight is 377 g/mol. The zero-order valence-corrected chi connectivity index (χ0v) is 15.5. The molecule has 8 heteroatoms. The first-order chi connectivity index (χ1) is 13.5. The van der Waals surface area contributed by atoms with Crippen molar-refractivity contribution in [3.8, 4) is 11.4 Å². The van der Waals surface area contributed by atoms with Crippen molar-refractivity contribution in [1.82, 2.24) is 14.8 Å². The highest BCUT2D eigenvalue weighted by atomic mass is 16.5. The van der Waals surface area contributed by atoms with Crippen LogP contribution in [0.15, 0.2) is 55.1 Å². The van der Waals surface area contributed by atoms with Gasteiger partial charge in [-0.1, -0.05) is 12.1 Å². The normalized spacial score (nSPS) is 14.2. The summed E-state index contributed by atoms with van der Waals surface area (Å²) in [7, 11) is 0. The lowest BCUT2D eigenvalue weighted by Crippen LogP contribution is -2.49. The molecule has 0 saturated heterocycles. The Morgan fingerprint density at radius 3 is 2.75 bits per heavy atom. The van der Waals surface area contributed by atoms with Crippen LogP contribution < -0.4 is 15.0 Å². The SMILES string of the molecule is Cc1ccc2c(c1)N([C@H](C)C(=O)Nc1cccc(-n3cnnc3)c1)C(=O)CO2. The van der Waals surface area contributed by atoms with Crippen LogP contribution in [0, 0.1) is 6.92 Å². The Balaban J connectivity index is 1.57. The summed E-state index contributed by atoms with van der Waals surface area (Å²) >= 11 is 0. The summed E-state index contributed by atoms with van der Waals surface area (Å²) in [4.78, 5) is 26.8. The second-order valence-corrected chi connectivity index (χ2v) is 6.61. The van der Waals surface area contributed by atoms with Crippen LogP contribution >= 0.6 is 0 Å². The lowest BCUT2D eigenvalue weighted by molar-refractivity contribution is -0.125. The summed E-state index contributed by atoms with van der Waals surface area (Å²) in [5.41, 5.74) is 3.03. The number of nitrogens with one attached hydrogen (secondary N) is 1. The minimum Gasteiger partial charge on any atom is -0.482 e. The number of amides is 2. The zero-order chi connectivity index (χ0) is 19.7. The highest BCUT2D eigenvalue weighted by molar-refractivity contribution is 6.07. The van der Waals surface area contributed by atoms with Crippen molar-refractivity contribution < 1.29 is 14.3 Å². The van der Waals surface area contributed by atoms with Crippen LogP contribution in [0.5, 0.6) is 5.75 Å². The molecular weight excluding hydrogens is 358 g/mol. The van der Waals surface area contributed by atoms with Gasteiger partial charge in [0.2, 0.25) is 5.91 Å². The van der Waals surface area contributed by atoms with Gasteiger partial charge in [-0.2, -0.15) is 0 Å². The quantitative estimate of drug-likeness (QED) is 0.754. The Kier molecular flexibility index (Phi) is 4.52. The van der Waals surface area contributed by atoms with E-state index in [4.69, 9.17) is 4.74 Å². The first-order valence-electron chi connectivity index (χ1n) is 8.84. The molecule has 0 unspecified atom stereocenters. The molecule has 2 aromatic carbocycles. The van der Waals surface area contributed by atoms with E-state index in [1.165, 1.54) is 4.90 Å². The molecule has 0 radical (unpaired) electrons. The molecule has 1 N–H and O–H groups in total. The van der Waals surface area contributed by atoms with Gasteiger partial charge in [-0.25, -0.2) is 0 Å². The van der Waals surface area contributed by atoms with Crippen molar-refractivity contribution in [3.63, 3.8) is 0 Å². The van der Waals surface area contributed by atoms with Crippen LogP contribution in [0.3, 0.4) is 0 Å². The van der Waals surface area contributed by atoms with Crippen molar-refractivity contribution in [2.45, 2.75) is 19.9 Å². The number of anilines is 2. The maximum absolute atomic E-state index is 12.9. The Morgan fingerprint density at radius 1 is 1.18 bits per heavy atom. The molecule has 4 rings (SSSR count). The standard InChI is InChI=1S/C20H19N5O3/c1-13-6-7-18-17(8-13)25(19(26)10-28-18)14(2)20(27)23-15-4-3-5-16(9-15)24-11-21-22-12-24/h3-9,11-12,14H,10H2,1-2H3,(H,23,27)/t14-/m1/s1. The van der Waals surface area contributed by atoms with Gasteiger partial charge in [-0.05, 0) is 49.7 Å². The lowest BCUT2D eigenvalue weighted by Gasteiger charge is -2.33. The molecule has 0 fully saturated rings. The number of aryl methyl sites for hydroxylation is 1. The minimum absolute atomic E-state index is 0.0865. The number of hydrogen-bond acceptors (Lipinski definition) is 5. The Morgan fingerprint density at radius 2 is 1.96 bits per heavy atom. The van der Waals surface area contributed by atoms with Gasteiger partial charge < -0.3 is 10.1 Å². The van der Waals surface area contributed by atoms with Crippen LogP contribution in [0.4, 0.5) is 11.4 Å². The monoisotopic (exact) mass is 377 g/mol. The van der Waals surface area contributed by atoms with E-state index in [1.807, 2.05) is 43.3 Å². The van der Waals surface area contributed by atoms with Crippen LogP contribution in [-0.4, -0.2) is 39.2 Å². The third kappa shape index (κ3) is 3.32. The second-order valence-electron chi connectivity index (χ2n) is 6.61. The third-order valence-electron chi connectivity index (χ3n) is 4.59. The van der Waals surface area contributed by atoms with E-state index in [1.54, 1.807) is 30.2 Å². The number of nitrogens with zero attached hydrogens (tertiary/aromatic N) is 4. The predicted molar refractivity (Wildman–Crippen MR) is 104 cm³/mol. The van der Waals surface area contributed by atoms with Crippen LogP contribution in [0.2, 0.25) is 0 Å². The number of carbonyl (C=O) groups excluding carboxylic acids is 2. The van der Waals surface area contributed by atoms with E-state index in [2.05, 4.69) is 15.5 Å². The maximum atomic E-state index is 12.9.